The van der Waals surface area contributed by atoms with Gasteiger partial charge in [0.25, 0.3) is 0 Å². The van der Waals surface area contributed by atoms with Crippen molar-refractivity contribution in [1.82, 2.24) is 4.90 Å². The Balaban J connectivity index is 1.79. The van der Waals surface area contributed by atoms with Crippen LogP contribution in [0.5, 0.6) is 0 Å². The quantitative estimate of drug-likeness (QED) is 0.835. The number of benzene rings is 1. The van der Waals surface area contributed by atoms with Crippen molar-refractivity contribution in [3.05, 3.63) is 35.6 Å². The molecule has 1 aliphatic rings. The van der Waals surface area contributed by atoms with Gasteiger partial charge in [0, 0.05) is 19.6 Å². The summed E-state index contributed by atoms with van der Waals surface area (Å²) in [6.07, 6.45) is -0.128. The van der Waals surface area contributed by atoms with Gasteiger partial charge in [0.1, 0.15) is 5.82 Å². The van der Waals surface area contributed by atoms with E-state index in [1.165, 1.54) is 12.1 Å². The lowest BCUT2D eigenvalue weighted by atomic mass is 10.1. The highest BCUT2D eigenvalue weighted by Gasteiger charge is 2.20. The lowest BCUT2D eigenvalue weighted by Crippen LogP contribution is -2.44. The molecule has 2 atom stereocenters. The van der Waals surface area contributed by atoms with E-state index in [1.54, 1.807) is 12.1 Å². The monoisotopic (exact) mass is 269 g/mol. The molecule has 0 bridgehead atoms. The lowest BCUT2D eigenvalue weighted by molar-refractivity contribution is -0.0551. The van der Waals surface area contributed by atoms with Crippen LogP contribution in [0.3, 0.4) is 0 Å². The van der Waals surface area contributed by atoms with E-state index in [1.807, 2.05) is 0 Å². The van der Waals surface area contributed by atoms with E-state index in [2.05, 4.69) is 4.90 Å². The molecule has 2 unspecified atom stereocenters. The highest BCUT2D eigenvalue weighted by molar-refractivity contribution is 5.18. The van der Waals surface area contributed by atoms with Crippen LogP contribution in [0.25, 0.3) is 0 Å². The number of hydrogen-bond donors (Lipinski definition) is 2. The van der Waals surface area contributed by atoms with Crippen molar-refractivity contribution in [2.45, 2.75) is 18.6 Å². The minimum absolute atomic E-state index is 0.0248. The number of nitrogens with zero attached hydrogens (tertiary/aromatic N) is 1. The molecule has 5 heteroatoms. The van der Waals surface area contributed by atoms with E-state index >= 15 is 0 Å². The standard InChI is InChI=1S/C14H20FNO3/c15-12-3-1-11(2-4-12)14(18)5-6-16-7-8-19-13(9-16)10-17/h1-4,13-14,17-18H,5-10H2. The van der Waals surface area contributed by atoms with Gasteiger partial charge in [-0.05, 0) is 24.1 Å². The maximum absolute atomic E-state index is 12.8. The van der Waals surface area contributed by atoms with Crippen LogP contribution >= 0.6 is 0 Å². The van der Waals surface area contributed by atoms with Crippen molar-refractivity contribution in [2.24, 2.45) is 0 Å². The molecule has 1 aromatic carbocycles. The van der Waals surface area contributed by atoms with E-state index in [4.69, 9.17) is 9.84 Å². The SMILES string of the molecule is OCC1CN(CCC(O)c2ccc(F)cc2)CCO1. The van der Waals surface area contributed by atoms with Gasteiger partial charge in [0.05, 0.1) is 25.4 Å². The van der Waals surface area contributed by atoms with Crippen molar-refractivity contribution in [3.8, 4) is 0 Å². The summed E-state index contributed by atoms with van der Waals surface area (Å²) in [7, 11) is 0. The molecular formula is C14H20FNO3. The second-order valence-corrected chi connectivity index (χ2v) is 4.83. The smallest absolute Gasteiger partial charge is 0.123 e. The molecular weight excluding hydrogens is 249 g/mol. The van der Waals surface area contributed by atoms with Gasteiger partial charge in [-0.2, -0.15) is 0 Å². The first-order chi connectivity index (χ1) is 9.19. The summed E-state index contributed by atoms with van der Waals surface area (Å²) < 4.78 is 18.1. The lowest BCUT2D eigenvalue weighted by Gasteiger charge is -2.32. The van der Waals surface area contributed by atoms with Gasteiger partial charge in [-0.3, -0.25) is 4.90 Å². The summed E-state index contributed by atoms with van der Waals surface area (Å²) in [5, 5.41) is 19.1. The van der Waals surface area contributed by atoms with Crippen LogP contribution in [-0.2, 0) is 4.74 Å². The third kappa shape index (κ3) is 4.24. The first-order valence-electron chi connectivity index (χ1n) is 6.57. The maximum atomic E-state index is 12.8. The number of aliphatic hydroxyl groups is 2. The number of aliphatic hydroxyl groups excluding tert-OH is 2. The van der Waals surface area contributed by atoms with E-state index in [-0.39, 0.29) is 18.5 Å². The Hall–Kier alpha value is -1.01. The van der Waals surface area contributed by atoms with Gasteiger partial charge in [0.15, 0.2) is 0 Å². The van der Waals surface area contributed by atoms with Gasteiger partial charge in [-0.1, -0.05) is 12.1 Å². The average molecular weight is 269 g/mol. The third-order valence-corrected chi connectivity index (χ3v) is 3.40. The highest BCUT2D eigenvalue weighted by atomic mass is 19.1. The highest BCUT2D eigenvalue weighted by Crippen LogP contribution is 2.18. The molecule has 1 saturated heterocycles. The molecule has 0 saturated carbocycles. The molecule has 0 aromatic heterocycles. The van der Waals surface area contributed by atoms with Crippen molar-refractivity contribution in [3.63, 3.8) is 0 Å². The molecule has 19 heavy (non-hydrogen) atoms. The van der Waals surface area contributed by atoms with Crippen LogP contribution in [0.4, 0.5) is 4.39 Å². The van der Waals surface area contributed by atoms with Crippen LogP contribution in [0.15, 0.2) is 24.3 Å². The molecule has 1 heterocycles. The second-order valence-electron chi connectivity index (χ2n) is 4.83. The molecule has 106 valence electrons. The average Bonchev–Trinajstić information content (AvgIpc) is 2.46. The Kier molecular flexibility index (Phi) is 5.27. The predicted molar refractivity (Wildman–Crippen MR) is 69.2 cm³/mol. The summed E-state index contributed by atoms with van der Waals surface area (Å²) >= 11 is 0. The number of ether oxygens (including phenoxy) is 1. The van der Waals surface area contributed by atoms with E-state index in [0.717, 1.165) is 18.7 Å². The first kappa shape index (κ1) is 14.4. The Morgan fingerprint density at radius 3 is 2.79 bits per heavy atom. The van der Waals surface area contributed by atoms with E-state index < -0.39 is 6.10 Å². The number of morpholine rings is 1. The molecule has 1 aliphatic heterocycles. The Morgan fingerprint density at radius 1 is 1.37 bits per heavy atom. The van der Waals surface area contributed by atoms with Gasteiger partial charge >= 0.3 is 0 Å². The summed E-state index contributed by atoms with van der Waals surface area (Å²) in [5.74, 6) is -0.296. The van der Waals surface area contributed by atoms with Crippen LogP contribution in [0.1, 0.15) is 18.1 Å². The predicted octanol–water partition coefficient (Wildman–Crippen LogP) is 0.942. The summed E-state index contributed by atoms with van der Waals surface area (Å²) in [6, 6.07) is 5.93. The van der Waals surface area contributed by atoms with Gasteiger partial charge < -0.3 is 14.9 Å². The molecule has 0 spiro atoms. The van der Waals surface area contributed by atoms with Crippen LogP contribution in [0.2, 0.25) is 0 Å². The molecule has 2 N–H and O–H groups in total. The van der Waals surface area contributed by atoms with Gasteiger partial charge in [-0.15, -0.1) is 0 Å². The Bertz CT molecular complexity index is 385. The summed E-state index contributed by atoms with van der Waals surface area (Å²) in [5.41, 5.74) is 0.730. The van der Waals surface area contributed by atoms with Gasteiger partial charge in [-0.25, -0.2) is 4.39 Å². The molecule has 1 aromatic rings. The maximum Gasteiger partial charge on any atom is 0.123 e. The minimum atomic E-state index is -0.587. The van der Waals surface area contributed by atoms with Crippen molar-refractivity contribution in [1.29, 1.82) is 0 Å². The number of rotatable bonds is 5. The van der Waals surface area contributed by atoms with E-state index in [0.29, 0.717) is 19.6 Å². The van der Waals surface area contributed by atoms with Crippen LogP contribution in [0, 0.1) is 5.82 Å². The first-order valence-corrected chi connectivity index (χ1v) is 6.57. The summed E-state index contributed by atoms with van der Waals surface area (Å²) in [6.45, 7) is 2.87. The zero-order valence-corrected chi connectivity index (χ0v) is 10.8. The fourth-order valence-corrected chi connectivity index (χ4v) is 2.25. The molecule has 4 nitrogen and oxygen atoms in total. The largest absolute Gasteiger partial charge is 0.394 e. The van der Waals surface area contributed by atoms with Crippen LogP contribution in [-0.4, -0.2) is 54.1 Å². The molecule has 1 fully saturated rings. The minimum Gasteiger partial charge on any atom is -0.394 e. The van der Waals surface area contributed by atoms with E-state index in [9.17, 15) is 9.50 Å². The number of hydrogen-bond acceptors (Lipinski definition) is 4. The molecule has 0 radical (unpaired) electrons. The molecule has 0 aliphatic carbocycles. The molecule has 0 amide bonds. The fraction of sp³-hybridized carbons (Fsp3) is 0.571. The van der Waals surface area contributed by atoms with Crippen molar-refractivity contribution in [2.75, 3.05) is 32.8 Å². The Labute approximate surface area is 112 Å². The Morgan fingerprint density at radius 2 is 2.11 bits per heavy atom. The normalized spacial score (nSPS) is 22.4. The second kappa shape index (κ2) is 6.96. The summed E-state index contributed by atoms with van der Waals surface area (Å²) in [4.78, 5) is 2.16. The van der Waals surface area contributed by atoms with Gasteiger partial charge in [0.2, 0.25) is 0 Å². The topological polar surface area (TPSA) is 52.9 Å². The number of halogens is 1. The van der Waals surface area contributed by atoms with Crippen LogP contribution < -0.4 is 0 Å². The third-order valence-electron chi connectivity index (χ3n) is 3.40. The zero-order valence-electron chi connectivity index (χ0n) is 10.8. The fourth-order valence-electron chi connectivity index (χ4n) is 2.25. The van der Waals surface area contributed by atoms with Crippen molar-refractivity contribution >= 4 is 0 Å². The zero-order chi connectivity index (χ0) is 13.7. The van der Waals surface area contributed by atoms with Crippen molar-refractivity contribution < 1.29 is 19.3 Å². The molecule has 2 rings (SSSR count).